The summed E-state index contributed by atoms with van der Waals surface area (Å²) < 4.78 is 4.92. The van der Waals surface area contributed by atoms with Crippen LogP contribution in [-0.4, -0.2) is 23.8 Å². The number of methoxy groups -OCH3 is 1. The highest BCUT2D eigenvalue weighted by atomic mass is 16.5. The molecule has 0 bridgehead atoms. The van der Waals surface area contributed by atoms with Crippen molar-refractivity contribution in [1.82, 2.24) is 4.98 Å². The molecule has 0 aliphatic rings. The number of para-hydroxylation sites is 1. The molecule has 1 heterocycles. The minimum absolute atomic E-state index is 0.123. The van der Waals surface area contributed by atoms with Crippen LogP contribution in [0, 0.1) is 0 Å². The van der Waals surface area contributed by atoms with Crippen LogP contribution in [0.2, 0.25) is 0 Å². The second kappa shape index (κ2) is 16.5. The van der Waals surface area contributed by atoms with Crippen molar-refractivity contribution >= 4 is 22.7 Å². The Morgan fingerprint density at radius 3 is 1.82 bits per heavy atom. The molecule has 0 fully saturated rings. The van der Waals surface area contributed by atoms with Crippen LogP contribution in [0.1, 0.15) is 139 Å². The summed E-state index contributed by atoms with van der Waals surface area (Å²) >= 11 is 0. The average molecular weight is 470 g/mol. The summed E-state index contributed by atoms with van der Waals surface area (Å²) in [5.74, 6) is -0.692. The fourth-order valence-corrected chi connectivity index (χ4v) is 4.86. The Kier molecular flexibility index (Phi) is 13.7. The Morgan fingerprint density at radius 2 is 1.29 bits per heavy atom. The molecule has 0 spiro atoms. The SMILES string of the molecule is CCCCCCCCCCCCCCCCCC(=O)c1c(C(C)C(=O)OC)[nH]c2ccccc12. The van der Waals surface area contributed by atoms with Crippen molar-refractivity contribution in [2.24, 2.45) is 0 Å². The molecule has 34 heavy (non-hydrogen) atoms. The molecule has 1 N–H and O–H groups in total. The zero-order chi connectivity index (χ0) is 24.6. The van der Waals surface area contributed by atoms with Crippen molar-refractivity contribution in [2.45, 2.75) is 122 Å². The molecule has 0 saturated heterocycles. The number of fused-ring (bicyclic) bond motifs is 1. The molecule has 1 aromatic heterocycles. The van der Waals surface area contributed by atoms with E-state index in [1.54, 1.807) is 6.92 Å². The molecule has 1 unspecified atom stereocenters. The lowest BCUT2D eigenvalue weighted by Gasteiger charge is -2.10. The zero-order valence-electron chi connectivity index (χ0n) is 21.9. The number of ketones is 1. The molecule has 2 rings (SSSR count). The zero-order valence-corrected chi connectivity index (χ0v) is 21.9. The lowest BCUT2D eigenvalue weighted by atomic mass is 9.96. The number of hydrogen-bond acceptors (Lipinski definition) is 3. The number of ether oxygens (including phenoxy) is 1. The van der Waals surface area contributed by atoms with Crippen molar-refractivity contribution in [2.75, 3.05) is 7.11 Å². The van der Waals surface area contributed by atoms with Gasteiger partial charge in [0.25, 0.3) is 0 Å². The number of carbonyl (C=O) groups is 2. The summed E-state index contributed by atoms with van der Waals surface area (Å²) in [4.78, 5) is 28.5. The van der Waals surface area contributed by atoms with Gasteiger partial charge in [-0.05, 0) is 19.4 Å². The molecule has 0 radical (unpaired) electrons. The van der Waals surface area contributed by atoms with Crippen LogP contribution in [0.15, 0.2) is 24.3 Å². The van der Waals surface area contributed by atoms with E-state index in [2.05, 4.69) is 11.9 Å². The van der Waals surface area contributed by atoms with Gasteiger partial charge < -0.3 is 9.72 Å². The number of benzene rings is 1. The quantitative estimate of drug-likeness (QED) is 0.127. The minimum atomic E-state index is -0.489. The number of rotatable bonds is 19. The number of aromatic nitrogens is 1. The van der Waals surface area contributed by atoms with Crippen LogP contribution in [0.3, 0.4) is 0 Å². The molecule has 1 aromatic carbocycles. The van der Waals surface area contributed by atoms with Crippen LogP contribution in [-0.2, 0) is 9.53 Å². The Hall–Kier alpha value is -2.10. The molecular weight excluding hydrogens is 422 g/mol. The van der Waals surface area contributed by atoms with Gasteiger partial charge in [-0.1, -0.05) is 115 Å². The number of nitrogens with one attached hydrogen (secondary N) is 1. The van der Waals surface area contributed by atoms with E-state index in [9.17, 15) is 9.59 Å². The Balaban J connectivity index is 1.63. The molecule has 4 nitrogen and oxygen atoms in total. The number of aromatic amines is 1. The van der Waals surface area contributed by atoms with Crippen molar-refractivity contribution in [3.05, 3.63) is 35.5 Å². The molecule has 4 heteroatoms. The van der Waals surface area contributed by atoms with Gasteiger partial charge in [-0.3, -0.25) is 9.59 Å². The smallest absolute Gasteiger partial charge is 0.314 e. The Labute approximate surface area is 207 Å². The maximum absolute atomic E-state index is 13.1. The van der Waals surface area contributed by atoms with Crippen molar-refractivity contribution < 1.29 is 14.3 Å². The third kappa shape index (κ3) is 9.27. The van der Waals surface area contributed by atoms with E-state index >= 15 is 0 Å². The molecule has 0 aliphatic heterocycles. The lowest BCUT2D eigenvalue weighted by Crippen LogP contribution is -2.14. The summed E-state index contributed by atoms with van der Waals surface area (Å²) in [6.07, 6.45) is 20.2. The van der Waals surface area contributed by atoms with Crippen molar-refractivity contribution in [3.63, 3.8) is 0 Å². The molecule has 0 saturated carbocycles. The van der Waals surface area contributed by atoms with E-state index < -0.39 is 5.92 Å². The van der Waals surface area contributed by atoms with Crippen molar-refractivity contribution in [1.29, 1.82) is 0 Å². The molecule has 1 atom stereocenters. The molecule has 190 valence electrons. The van der Waals surface area contributed by atoms with Gasteiger partial charge in [-0.2, -0.15) is 0 Å². The summed E-state index contributed by atoms with van der Waals surface area (Å²) in [6, 6.07) is 7.79. The normalized spacial score (nSPS) is 12.2. The van der Waals surface area contributed by atoms with Gasteiger partial charge in [-0.15, -0.1) is 0 Å². The summed E-state index contributed by atoms with van der Waals surface area (Å²) in [5.41, 5.74) is 2.24. The van der Waals surface area contributed by atoms with Gasteiger partial charge in [-0.25, -0.2) is 0 Å². The van der Waals surface area contributed by atoms with Crippen LogP contribution >= 0.6 is 0 Å². The van der Waals surface area contributed by atoms with Crippen LogP contribution in [0.4, 0.5) is 0 Å². The molecule has 0 amide bonds. The fourth-order valence-electron chi connectivity index (χ4n) is 4.86. The minimum Gasteiger partial charge on any atom is -0.469 e. The first-order chi connectivity index (χ1) is 16.6. The van der Waals surface area contributed by atoms with E-state index in [0.717, 1.165) is 23.7 Å². The number of unbranched alkanes of at least 4 members (excludes halogenated alkanes) is 14. The van der Waals surface area contributed by atoms with Gasteiger partial charge in [0.05, 0.1) is 13.0 Å². The van der Waals surface area contributed by atoms with Crippen LogP contribution < -0.4 is 0 Å². The Morgan fingerprint density at radius 1 is 0.794 bits per heavy atom. The molecule has 2 aromatic rings. The third-order valence-corrected chi connectivity index (χ3v) is 7.01. The first-order valence-corrected chi connectivity index (χ1v) is 13.8. The second-order valence-corrected chi connectivity index (χ2v) is 9.83. The van der Waals surface area contributed by atoms with E-state index in [-0.39, 0.29) is 11.8 Å². The van der Waals surface area contributed by atoms with Gasteiger partial charge in [0.15, 0.2) is 5.78 Å². The lowest BCUT2D eigenvalue weighted by molar-refractivity contribution is -0.142. The number of hydrogen-bond donors (Lipinski definition) is 1. The molecule has 0 aliphatic carbocycles. The first-order valence-electron chi connectivity index (χ1n) is 13.8. The number of carbonyl (C=O) groups excluding carboxylic acids is 2. The first kappa shape index (κ1) is 28.1. The second-order valence-electron chi connectivity index (χ2n) is 9.83. The summed E-state index contributed by atoms with van der Waals surface area (Å²) in [6.45, 7) is 4.07. The van der Waals surface area contributed by atoms with Gasteiger partial charge in [0, 0.05) is 28.6 Å². The maximum Gasteiger partial charge on any atom is 0.314 e. The predicted octanol–water partition coefficient (Wildman–Crippen LogP) is 8.89. The van der Waals surface area contributed by atoms with E-state index in [4.69, 9.17) is 4.74 Å². The highest BCUT2D eigenvalue weighted by Crippen LogP contribution is 2.30. The molecular formula is C30H47NO3. The monoisotopic (exact) mass is 469 g/mol. The maximum atomic E-state index is 13.1. The highest BCUT2D eigenvalue weighted by molar-refractivity contribution is 6.10. The predicted molar refractivity (Wildman–Crippen MR) is 143 cm³/mol. The van der Waals surface area contributed by atoms with E-state index in [1.807, 2.05) is 24.3 Å². The van der Waals surface area contributed by atoms with Crippen molar-refractivity contribution in [3.8, 4) is 0 Å². The number of H-pyrrole nitrogens is 1. The summed E-state index contributed by atoms with van der Waals surface area (Å²) in [7, 11) is 1.39. The average Bonchev–Trinajstić information content (AvgIpc) is 3.25. The van der Waals surface area contributed by atoms with Gasteiger partial charge in [0.1, 0.15) is 0 Å². The highest BCUT2D eigenvalue weighted by Gasteiger charge is 2.26. The van der Waals surface area contributed by atoms with E-state index in [1.165, 1.54) is 90.6 Å². The summed E-state index contributed by atoms with van der Waals surface area (Å²) in [5, 5.41) is 0.902. The fraction of sp³-hybridized carbons (Fsp3) is 0.667. The van der Waals surface area contributed by atoms with E-state index in [0.29, 0.717) is 17.7 Å². The van der Waals surface area contributed by atoms with Crippen LogP contribution in [0.25, 0.3) is 10.9 Å². The Bertz CT molecular complexity index is 854. The largest absolute Gasteiger partial charge is 0.469 e. The topological polar surface area (TPSA) is 59.2 Å². The number of esters is 1. The van der Waals surface area contributed by atoms with Gasteiger partial charge in [0.2, 0.25) is 0 Å². The third-order valence-electron chi connectivity index (χ3n) is 7.01. The number of Topliss-reactive ketones (excluding diaryl/α,β-unsaturated/α-hetero) is 1. The van der Waals surface area contributed by atoms with Crippen LogP contribution in [0.5, 0.6) is 0 Å². The van der Waals surface area contributed by atoms with Gasteiger partial charge >= 0.3 is 5.97 Å². The standard InChI is InChI=1S/C30H47NO3/c1-4-5-6-7-8-9-10-11-12-13-14-15-16-17-18-23-27(32)28-25-21-19-20-22-26(25)31-29(28)24(2)30(33)34-3/h19-22,24,31H,4-18,23H2,1-3H3.